The SMILES string of the molecule is COc1ccccc1NC(=O)Nc1ccc(C#N)cc1. The van der Waals surface area contributed by atoms with Crippen LogP contribution in [0.25, 0.3) is 0 Å². The molecule has 2 aromatic rings. The third-order valence-electron chi connectivity index (χ3n) is 2.63. The zero-order valence-corrected chi connectivity index (χ0v) is 10.9. The lowest BCUT2D eigenvalue weighted by Crippen LogP contribution is -2.19. The van der Waals surface area contributed by atoms with Crippen LogP contribution in [0.15, 0.2) is 48.5 Å². The molecule has 0 aliphatic carbocycles. The van der Waals surface area contributed by atoms with Crippen LogP contribution < -0.4 is 15.4 Å². The summed E-state index contributed by atoms with van der Waals surface area (Å²) in [5, 5.41) is 14.1. The van der Waals surface area contributed by atoms with Gasteiger partial charge in [-0.15, -0.1) is 0 Å². The minimum atomic E-state index is -0.376. The summed E-state index contributed by atoms with van der Waals surface area (Å²) < 4.78 is 5.15. The van der Waals surface area contributed by atoms with E-state index in [1.807, 2.05) is 12.1 Å². The Bertz CT molecular complexity index is 645. The Balaban J connectivity index is 2.03. The number of nitrogens with zero attached hydrogens (tertiary/aromatic N) is 1. The maximum atomic E-state index is 11.9. The van der Waals surface area contributed by atoms with Gasteiger partial charge < -0.3 is 15.4 Å². The van der Waals surface area contributed by atoms with E-state index in [0.717, 1.165) is 0 Å². The van der Waals surface area contributed by atoms with Gasteiger partial charge in [0.05, 0.1) is 24.4 Å². The van der Waals surface area contributed by atoms with Crippen molar-refractivity contribution in [2.24, 2.45) is 0 Å². The van der Waals surface area contributed by atoms with Crippen molar-refractivity contribution in [2.45, 2.75) is 0 Å². The van der Waals surface area contributed by atoms with E-state index in [4.69, 9.17) is 10.00 Å². The monoisotopic (exact) mass is 267 g/mol. The molecule has 0 radical (unpaired) electrons. The number of ether oxygens (including phenoxy) is 1. The summed E-state index contributed by atoms with van der Waals surface area (Å²) in [7, 11) is 1.54. The van der Waals surface area contributed by atoms with Gasteiger partial charge in [-0.1, -0.05) is 12.1 Å². The molecule has 0 aromatic heterocycles. The third-order valence-corrected chi connectivity index (χ3v) is 2.63. The first-order valence-corrected chi connectivity index (χ1v) is 5.94. The predicted molar refractivity (Wildman–Crippen MR) is 76.8 cm³/mol. The van der Waals surface area contributed by atoms with Gasteiger partial charge in [-0.2, -0.15) is 5.26 Å². The molecule has 0 atom stereocenters. The van der Waals surface area contributed by atoms with Gasteiger partial charge >= 0.3 is 6.03 Å². The molecule has 20 heavy (non-hydrogen) atoms. The van der Waals surface area contributed by atoms with Gasteiger partial charge in [0.25, 0.3) is 0 Å². The normalized spacial score (nSPS) is 9.40. The van der Waals surface area contributed by atoms with E-state index in [0.29, 0.717) is 22.7 Å². The van der Waals surface area contributed by atoms with Crippen molar-refractivity contribution < 1.29 is 9.53 Å². The number of hydrogen-bond donors (Lipinski definition) is 2. The fourth-order valence-electron chi connectivity index (χ4n) is 1.66. The number of nitrogens with one attached hydrogen (secondary N) is 2. The molecule has 0 saturated carbocycles. The van der Waals surface area contributed by atoms with Crippen molar-refractivity contribution in [3.8, 4) is 11.8 Å². The molecule has 0 bridgehead atoms. The van der Waals surface area contributed by atoms with Crippen LogP contribution in [0.2, 0.25) is 0 Å². The van der Waals surface area contributed by atoms with Gasteiger partial charge in [-0.05, 0) is 36.4 Å². The number of hydrogen-bond acceptors (Lipinski definition) is 3. The molecule has 0 unspecified atom stereocenters. The van der Waals surface area contributed by atoms with Gasteiger partial charge in [-0.3, -0.25) is 0 Å². The van der Waals surface area contributed by atoms with E-state index >= 15 is 0 Å². The minimum absolute atomic E-state index is 0.376. The van der Waals surface area contributed by atoms with Crippen LogP contribution in [0.3, 0.4) is 0 Å². The Morgan fingerprint density at radius 1 is 1.10 bits per heavy atom. The molecule has 0 fully saturated rings. The van der Waals surface area contributed by atoms with Crippen molar-refractivity contribution in [3.63, 3.8) is 0 Å². The van der Waals surface area contributed by atoms with E-state index < -0.39 is 0 Å². The molecule has 5 heteroatoms. The van der Waals surface area contributed by atoms with E-state index in [1.54, 1.807) is 49.6 Å². The Morgan fingerprint density at radius 2 is 1.80 bits per heavy atom. The van der Waals surface area contributed by atoms with Crippen molar-refractivity contribution in [1.29, 1.82) is 5.26 Å². The van der Waals surface area contributed by atoms with Gasteiger partial charge in [0.1, 0.15) is 5.75 Å². The molecule has 2 aromatic carbocycles. The highest BCUT2D eigenvalue weighted by atomic mass is 16.5. The zero-order valence-electron chi connectivity index (χ0n) is 10.9. The summed E-state index contributed by atoms with van der Waals surface area (Å²) >= 11 is 0. The van der Waals surface area contributed by atoms with Crippen LogP contribution in [0, 0.1) is 11.3 Å². The van der Waals surface area contributed by atoms with E-state index in [2.05, 4.69) is 10.6 Å². The van der Waals surface area contributed by atoms with Crippen molar-refractivity contribution in [1.82, 2.24) is 0 Å². The summed E-state index contributed by atoms with van der Waals surface area (Å²) in [6, 6.07) is 15.4. The van der Waals surface area contributed by atoms with Gasteiger partial charge in [0, 0.05) is 5.69 Å². The lowest BCUT2D eigenvalue weighted by atomic mass is 10.2. The largest absolute Gasteiger partial charge is 0.495 e. The summed E-state index contributed by atoms with van der Waals surface area (Å²) in [6.45, 7) is 0. The van der Waals surface area contributed by atoms with Crippen LogP contribution >= 0.6 is 0 Å². The minimum Gasteiger partial charge on any atom is -0.495 e. The average Bonchev–Trinajstić information content (AvgIpc) is 2.48. The molecule has 0 saturated heterocycles. The highest BCUT2D eigenvalue weighted by Crippen LogP contribution is 2.23. The number of nitriles is 1. The number of rotatable bonds is 3. The number of benzene rings is 2. The number of urea groups is 1. The number of carbonyl (C=O) groups excluding carboxylic acids is 1. The van der Waals surface area contributed by atoms with Crippen molar-refractivity contribution in [3.05, 3.63) is 54.1 Å². The highest BCUT2D eigenvalue weighted by Gasteiger charge is 2.06. The smallest absolute Gasteiger partial charge is 0.323 e. The molecule has 0 spiro atoms. The fraction of sp³-hybridized carbons (Fsp3) is 0.0667. The van der Waals surface area contributed by atoms with Crippen LogP contribution in [0.4, 0.5) is 16.2 Å². The third kappa shape index (κ3) is 3.27. The van der Waals surface area contributed by atoms with E-state index in [9.17, 15) is 4.79 Å². The topological polar surface area (TPSA) is 74.2 Å². The molecule has 100 valence electrons. The summed E-state index contributed by atoms with van der Waals surface area (Å²) in [6.07, 6.45) is 0. The highest BCUT2D eigenvalue weighted by molar-refractivity contribution is 6.00. The summed E-state index contributed by atoms with van der Waals surface area (Å²) in [5.74, 6) is 0.586. The lowest BCUT2D eigenvalue weighted by molar-refractivity contribution is 0.262. The standard InChI is InChI=1S/C15H13N3O2/c1-20-14-5-3-2-4-13(14)18-15(19)17-12-8-6-11(10-16)7-9-12/h2-9H,1H3,(H2,17,18,19). The molecular formula is C15H13N3O2. The number of amides is 2. The summed E-state index contributed by atoms with van der Waals surface area (Å²) in [5.41, 5.74) is 1.73. The quantitative estimate of drug-likeness (QED) is 0.896. The van der Waals surface area contributed by atoms with Crippen LogP contribution in [0.1, 0.15) is 5.56 Å². The molecule has 0 heterocycles. The Kier molecular flexibility index (Phi) is 4.20. The molecule has 2 rings (SSSR count). The van der Waals surface area contributed by atoms with Gasteiger partial charge in [0.2, 0.25) is 0 Å². The number of methoxy groups -OCH3 is 1. The summed E-state index contributed by atoms with van der Waals surface area (Å²) in [4.78, 5) is 11.9. The maximum Gasteiger partial charge on any atom is 0.323 e. The Hall–Kier alpha value is -3.00. The molecule has 5 nitrogen and oxygen atoms in total. The first kappa shape index (κ1) is 13.4. The molecule has 2 amide bonds. The number of para-hydroxylation sites is 2. The molecule has 0 aliphatic rings. The second-order valence-corrected chi connectivity index (χ2v) is 3.97. The predicted octanol–water partition coefficient (Wildman–Crippen LogP) is 3.21. The van der Waals surface area contributed by atoms with Gasteiger partial charge in [-0.25, -0.2) is 4.79 Å². The lowest BCUT2D eigenvalue weighted by Gasteiger charge is -2.10. The average molecular weight is 267 g/mol. The van der Waals surface area contributed by atoms with Crippen molar-refractivity contribution >= 4 is 17.4 Å². The first-order chi connectivity index (χ1) is 9.72. The Labute approximate surface area is 116 Å². The second kappa shape index (κ2) is 6.25. The van der Waals surface area contributed by atoms with Crippen molar-refractivity contribution in [2.75, 3.05) is 17.7 Å². The number of carbonyl (C=O) groups is 1. The van der Waals surface area contributed by atoms with E-state index in [-0.39, 0.29) is 6.03 Å². The molecule has 0 aliphatic heterocycles. The first-order valence-electron chi connectivity index (χ1n) is 5.94. The van der Waals surface area contributed by atoms with E-state index in [1.165, 1.54) is 0 Å². The number of anilines is 2. The van der Waals surface area contributed by atoms with Crippen LogP contribution in [-0.2, 0) is 0 Å². The second-order valence-electron chi connectivity index (χ2n) is 3.97. The molecule has 2 N–H and O–H groups in total. The fourth-order valence-corrected chi connectivity index (χ4v) is 1.66. The van der Waals surface area contributed by atoms with Crippen LogP contribution in [0.5, 0.6) is 5.75 Å². The van der Waals surface area contributed by atoms with Gasteiger partial charge in [0.15, 0.2) is 0 Å². The zero-order chi connectivity index (χ0) is 14.4. The Morgan fingerprint density at radius 3 is 2.45 bits per heavy atom. The van der Waals surface area contributed by atoms with Crippen LogP contribution in [-0.4, -0.2) is 13.1 Å². The maximum absolute atomic E-state index is 11.9. The molecular weight excluding hydrogens is 254 g/mol.